The molecule has 0 bridgehead atoms. The second-order valence-electron chi connectivity index (χ2n) is 7.40. The minimum absolute atomic E-state index is 0.0420. The van der Waals surface area contributed by atoms with E-state index in [-0.39, 0.29) is 11.8 Å². The zero-order valence-electron chi connectivity index (χ0n) is 17.7. The van der Waals surface area contributed by atoms with E-state index in [1.54, 1.807) is 28.1 Å². The molecule has 0 aliphatic carbocycles. The average Bonchev–Trinajstić information content (AvgIpc) is 3.03. The van der Waals surface area contributed by atoms with Crippen molar-refractivity contribution >= 4 is 29.2 Å². The molecule has 1 fully saturated rings. The third-order valence-corrected chi connectivity index (χ3v) is 5.70. The lowest BCUT2D eigenvalue weighted by molar-refractivity contribution is 0.0718. The first-order valence-corrected chi connectivity index (χ1v) is 11.0. The molecule has 0 N–H and O–H groups in total. The lowest BCUT2D eigenvalue weighted by Gasteiger charge is -2.23. The molecule has 6 nitrogen and oxygen atoms in total. The van der Waals surface area contributed by atoms with Gasteiger partial charge < -0.3 is 14.7 Å². The van der Waals surface area contributed by atoms with E-state index in [2.05, 4.69) is 23.7 Å². The number of pyridine rings is 1. The van der Waals surface area contributed by atoms with Gasteiger partial charge in [0.1, 0.15) is 5.82 Å². The van der Waals surface area contributed by atoms with Crippen LogP contribution in [0.1, 0.15) is 47.4 Å². The van der Waals surface area contributed by atoms with E-state index in [9.17, 15) is 9.59 Å². The van der Waals surface area contributed by atoms with Gasteiger partial charge in [0.15, 0.2) is 0 Å². The van der Waals surface area contributed by atoms with Crippen LogP contribution in [0.2, 0.25) is 5.02 Å². The molecule has 0 spiro atoms. The highest BCUT2D eigenvalue weighted by Crippen LogP contribution is 2.19. The maximum Gasteiger partial charge on any atom is 0.255 e. The predicted octanol–water partition coefficient (Wildman–Crippen LogP) is 3.96. The predicted molar refractivity (Wildman–Crippen MR) is 120 cm³/mol. The van der Waals surface area contributed by atoms with Crippen LogP contribution >= 0.6 is 11.6 Å². The summed E-state index contributed by atoms with van der Waals surface area (Å²) in [6, 6.07) is 10.8. The molecule has 160 valence electrons. The Balaban J connectivity index is 1.64. The largest absolute Gasteiger partial charge is 0.357 e. The first-order valence-electron chi connectivity index (χ1n) is 10.6. The molecule has 3 rings (SSSR count). The molecule has 1 aromatic heterocycles. The normalized spacial score (nSPS) is 14.4. The minimum atomic E-state index is -0.0866. The Morgan fingerprint density at radius 2 is 1.70 bits per heavy atom. The summed E-state index contributed by atoms with van der Waals surface area (Å²) in [6.07, 6.45) is 3.44. The molecular formula is C23H29ClN4O2. The Labute approximate surface area is 183 Å². The third kappa shape index (κ3) is 5.11. The van der Waals surface area contributed by atoms with Gasteiger partial charge in [-0.1, -0.05) is 30.7 Å². The summed E-state index contributed by atoms with van der Waals surface area (Å²) in [5.41, 5.74) is 1.09. The molecule has 1 aliphatic rings. The molecule has 0 radical (unpaired) electrons. The number of carbonyl (C=O) groups is 2. The van der Waals surface area contributed by atoms with Crippen LogP contribution < -0.4 is 4.90 Å². The molecule has 2 heterocycles. The summed E-state index contributed by atoms with van der Waals surface area (Å²) in [5, 5.41) is 0.454. The fraction of sp³-hybridized carbons (Fsp3) is 0.435. The number of hydrogen-bond acceptors (Lipinski definition) is 4. The molecule has 2 aromatic rings. The Hall–Kier alpha value is -2.60. The van der Waals surface area contributed by atoms with Gasteiger partial charge in [-0.25, -0.2) is 4.98 Å². The fourth-order valence-corrected chi connectivity index (χ4v) is 3.93. The maximum absolute atomic E-state index is 13.0. The summed E-state index contributed by atoms with van der Waals surface area (Å²) in [6.45, 7) is 8.27. The van der Waals surface area contributed by atoms with Crippen molar-refractivity contribution in [2.24, 2.45) is 0 Å². The fourth-order valence-electron chi connectivity index (χ4n) is 3.72. The summed E-state index contributed by atoms with van der Waals surface area (Å²) in [4.78, 5) is 36.1. The molecule has 2 amide bonds. The quantitative estimate of drug-likeness (QED) is 0.698. The summed E-state index contributed by atoms with van der Waals surface area (Å²) < 4.78 is 0. The van der Waals surface area contributed by atoms with Gasteiger partial charge in [-0.05, 0) is 44.0 Å². The number of aromatic nitrogens is 1. The lowest BCUT2D eigenvalue weighted by atomic mass is 10.2. The molecule has 0 saturated carbocycles. The van der Waals surface area contributed by atoms with E-state index < -0.39 is 0 Å². The molecule has 7 heteroatoms. The summed E-state index contributed by atoms with van der Waals surface area (Å²) in [7, 11) is 0. The van der Waals surface area contributed by atoms with Crippen molar-refractivity contribution in [3.63, 3.8) is 0 Å². The number of rotatable bonds is 6. The van der Waals surface area contributed by atoms with Crippen molar-refractivity contribution < 1.29 is 9.59 Å². The van der Waals surface area contributed by atoms with E-state index in [1.807, 2.05) is 24.3 Å². The van der Waals surface area contributed by atoms with Gasteiger partial charge in [-0.15, -0.1) is 0 Å². The standard InChI is InChI=1S/C23H29ClN4O2/c1-3-12-26(4-2)21-11-10-18(17-25-21)22(29)27-13-7-14-28(16-15-27)23(30)19-8-5-6-9-20(19)24/h5-6,8-11,17H,3-4,7,12-16H2,1-2H3. The highest BCUT2D eigenvalue weighted by Gasteiger charge is 2.24. The van der Waals surface area contributed by atoms with Gasteiger partial charge in [0.25, 0.3) is 11.8 Å². The molecule has 1 aromatic carbocycles. The average molecular weight is 429 g/mol. The molecule has 1 saturated heterocycles. The second-order valence-corrected chi connectivity index (χ2v) is 7.81. The lowest BCUT2D eigenvalue weighted by Crippen LogP contribution is -2.37. The highest BCUT2D eigenvalue weighted by atomic mass is 35.5. The van der Waals surface area contributed by atoms with Crippen LogP contribution in [-0.2, 0) is 0 Å². The Kier molecular flexibility index (Phi) is 7.69. The van der Waals surface area contributed by atoms with Gasteiger partial charge in [0.05, 0.1) is 16.1 Å². The van der Waals surface area contributed by atoms with Crippen molar-refractivity contribution in [2.75, 3.05) is 44.2 Å². The second kappa shape index (κ2) is 10.4. The monoisotopic (exact) mass is 428 g/mol. The number of halogens is 1. The van der Waals surface area contributed by atoms with Crippen LogP contribution in [0.3, 0.4) is 0 Å². The van der Waals surface area contributed by atoms with Gasteiger partial charge in [-0.2, -0.15) is 0 Å². The van der Waals surface area contributed by atoms with Crippen LogP contribution in [0.25, 0.3) is 0 Å². The number of nitrogens with zero attached hydrogens (tertiary/aromatic N) is 4. The van der Waals surface area contributed by atoms with E-state index in [0.29, 0.717) is 42.3 Å². The van der Waals surface area contributed by atoms with E-state index in [0.717, 1.165) is 31.7 Å². The molecule has 0 unspecified atom stereocenters. The van der Waals surface area contributed by atoms with E-state index in [1.165, 1.54) is 0 Å². The maximum atomic E-state index is 13.0. The third-order valence-electron chi connectivity index (χ3n) is 5.37. The van der Waals surface area contributed by atoms with Gasteiger partial charge >= 0.3 is 0 Å². The van der Waals surface area contributed by atoms with Gasteiger partial charge in [-0.3, -0.25) is 9.59 Å². The van der Waals surface area contributed by atoms with Crippen LogP contribution in [0.15, 0.2) is 42.6 Å². The van der Waals surface area contributed by atoms with Crippen LogP contribution in [0.5, 0.6) is 0 Å². The highest BCUT2D eigenvalue weighted by molar-refractivity contribution is 6.33. The van der Waals surface area contributed by atoms with E-state index >= 15 is 0 Å². The number of anilines is 1. The van der Waals surface area contributed by atoms with Crippen molar-refractivity contribution in [1.82, 2.24) is 14.8 Å². The number of amides is 2. The zero-order valence-corrected chi connectivity index (χ0v) is 18.4. The van der Waals surface area contributed by atoms with Crippen molar-refractivity contribution in [3.05, 3.63) is 58.7 Å². The Morgan fingerprint density at radius 3 is 2.30 bits per heavy atom. The number of carbonyl (C=O) groups excluding carboxylic acids is 2. The van der Waals surface area contributed by atoms with Crippen molar-refractivity contribution in [2.45, 2.75) is 26.7 Å². The van der Waals surface area contributed by atoms with Gasteiger partial charge in [0.2, 0.25) is 0 Å². The summed E-state index contributed by atoms with van der Waals surface area (Å²) >= 11 is 6.18. The SMILES string of the molecule is CCCN(CC)c1ccc(C(=O)N2CCCN(C(=O)c3ccccc3Cl)CC2)cn1. The van der Waals surface area contributed by atoms with E-state index in [4.69, 9.17) is 11.6 Å². The Morgan fingerprint density at radius 1 is 1.00 bits per heavy atom. The molecule has 0 atom stereocenters. The Bertz CT molecular complexity index is 872. The first-order chi connectivity index (χ1) is 14.5. The molecule has 1 aliphatic heterocycles. The topological polar surface area (TPSA) is 56.8 Å². The number of benzene rings is 1. The summed E-state index contributed by atoms with van der Waals surface area (Å²) in [5.74, 6) is 0.763. The molecular weight excluding hydrogens is 400 g/mol. The van der Waals surface area contributed by atoms with Crippen molar-refractivity contribution in [3.8, 4) is 0 Å². The number of hydrogen-bond donors (Lipinski definition) is 0. The smallest absolute Gasteiger partial charge is 0.255 e. The molecule has 30 heavy (non-hydrogen) atoms. The van der Waals surface area contributed by atoms with Crippen LogP contribution in [0.4, 0.5) is 5.82 Å². The minimum Gasteiger partial charge on any atom is -0.357 e. The first kappa shape index (κ1) is 22.1. The van der Waals surface area contributed by atoms with Gasteiger partial charge in [0, 0.05) is 45.5 Å². The van der Waals surface area contributed by atoms with Crippen molar-refractivity contribution in [1.29, 1.82) is 0 Å². The van der Waals surface area contributed by atoms with Crippen LogP contribution in [-0.4, -0.2) is 65.9 Å². The zero-order chi connectivity index (χ0) is 21.5. The van der Waals surface area contributed by atoms with Crippen LogP contribution in [0, 0.1) is 0 Å².